The van der Waals surface area contributed by atoms with Gasteiger partial charge in [0.1, 0.15) is 0 Å². The van der Waals surface area contributed by atoms with Crippen LogP contribution >= 0.6 is 0 Å². The number of likely N-dealkylation sites (tertiary alicyclic amines) is 1. The molecule has 0 bridgehead atoms. The van der Waals surface area contributed by atoms with Crippen LogP contribution in [-0.4, -0.2) is 74.7 Å². The van der Waals surface area contributed by atoms with Crippen molar-refractivity contribution in [3.8, 4) is 0 Å². The first-order valence-corrected chi connectivity index (χ1v) is 9.32. The molecule has 0 aromatic rings. The fourth-order valence-corrected chi connectivity index (χ4v) is 3.31. The summed E-state index contributed by atoms with van der Waals surface area (Å²) in [7, 11) is 4.07. The van der Waals surface area contributed by atoms with Gasteiger partial charge in [-0.3, -0.25) is 9.89 Å². The lowest BCUT2D eigenvalue weighted by molar-refractivity contribution is 0.173. The standard InChI is InChI=1S/C18H39N5/c1-15(2)23(16(3)4)11-7-10-20-18(19-5)21-14-17-8-12-22(6)13-9-17/h15-17H,7-14H2,1-6H3,(H2,19,20,21). The minimum absolute atomic E-state index is 0.608. The summed E-state index contributed by atoms with van der Waals surface area (Å²) in [6.07, 6.45) is 3.72. The van der Waals surface area contributed by atoms with E-state index in [1.54, 1.807) is 0 Å². The van der Waals surface area contributed by atoms with E-state index in [0.717, 1.165) is 37.9 Å². The molecule has 0 saturated carbocycles. The van der Waals surface area contributed by atoms with Gasteiger partial charge in [-0.05, 0) is 73.0 Å². The van der Waals surface area contributed by atoms with Crippen molar-refractivity contribution < 1.29 is 0 Å². The van der Waals surface area contributed by atoms with Crippen molar-refractivity contribution >= 4 is 5.96 Å². The summed E-state index contributed by atoms with van der Waals surface area (Å²) in [6, 6.07) is 1.22. The van der Waals surface area contributed by atoms with E-state index in [0.29, 0.717) is 12.1 Å². The molecule has 0 atom stereocenters. The molecule has 23 heavy (non-hydrogen) atoms. The quantitative estimate of drug-likeness (QED) is 0.407. The molecule has 0 spiro atoms. The lowest BCUT2D eigenvalue weighted by Crippen LogP contribution is -2.43. The molecule has 0 aromatic heterocycles. The van der Waals surface area contributed by atoms with E-state index in [1.165, 1.54) is 25.9 Å². The second-order valence-corrected chi connectivity index (χ2v) is 7.41. The number of rotatable bonds is 8. The van der Waals surface area contributed by atoms with Crippen molar-refractivity contribution in [2.75, 3.05) is 46.8 Å². The van der Waals surface area contributed by atoms with Gasteiger partial charge in [0.25, 0.3) is 0 Å². The highest BCUT2D eigenvalue weighted by atomic mass is 15.2. The maximum absolute atomic E-state index is 4.34. The smallest absolute Gasteiger partial charge is 0.190 e. The van der Waals surface area contributed by atoms with Crippen LogP contribution in [0.4, 0.5) is 0 Å². The van der Waals surface area contributed by atoms with Gasteiger partial charge in [-0.2, -0.15) is 0 Å². The lowest BCUT2D eigenvalue weighted by Gasteiger charge is -2.30. The largest absolute Gasteiger partial charge is 0.356 e. The number of guanidine groups is 1. The second-order valence-electron chi connectivity index (χ2n) is 7.41. The van der Waals surface area contributed by atoms with Gasteiger partial charge in [0.2, 0.25) is 0 Å². The first-order chi connectivity index (χ1) is 10.9. The van der Waals surface area contributed by atoms with Crippen molar-refractivity contribution in [2.24, 2.45) is 10.9 Å². The number of hydrogen-bond donors (Lipinski definition) is 2. The molecule has 1 rings (SSSR count). The number of nitrogens with zero attached hydrogens (tertiary/aromatic N) is 3. The average Bonchev–Trinajstić information content (AvgIpc) is 2.50. The van der Waals surface area contributed by atoms with Crippen molar-refractivity contribution in [1.29, 1.82) is 0 Å². The summed E-state index contributed by atoms with van der Waals surface area (Å²) in [5, 5.41) is 6.95. The third-order valence-electron chi connectivity index (χ3n) is 4.83. The van der Waals surface area contributed by atoms with Gasteiger partial charge >= 0.3 is 0 Å². The van der Waals surface area contributed by atoms with Gasteiger partial charge in [0, 0.05) is 38.8 Å². The van der Waals surface area contributed by atoms with Gasteiger partial charge in [0.05, 0.1) is 0 Å². The van der Waals surface area contributed by atoms with Crippen LogP contribution in [0.1, 0.15) is 47.0 Å². The summed E-state index contributed by atoms with van der Waals surface area (Å²) < 4.78 is 0. The molecule has 2 N–H and O–H groups in total. The van der Waals surface area contributed by atoms with Crippen LogP contribution < -0.4 is 10.6 Å². The van der Waals surface area contributed by atoms with Crippen LogP contribution in [0.15, 0.2) is 4.99 Å². The third kappa shape index (κ3) is 8.02. The Labute approximate surface area is 143 Å². The monoisotopic (exact) mass is 325 g/mol. The van der Waals surface area contributed by atoms with E-state index in [1.807, 2.05) is 7.05 Å². The zero-order chi connectivity index (χ0) is 17.2. The van der Waals surface area contributed by atoms with Gasteiger partial charge in [0.15, 0.2) is 5.96 Å². The summed E-state index contributed by atoms with van der Waals surface area (Å²) in [6.45, 7) is 14.7. The Balaban J connectivity index is 2.19. The van der Waals surface area contributed by atoms with Crippen LogP contribution in [0.2, 0.25) is 0 Å². The highest BCUT2D eigenvalue weighted by Crippen LogP contribution is 2.14. The molecule has 0 aromatic carbocycles. The normalized spacial score (nSPS) is 18.2. The van der Waals surface area contributed by atoms with Crippen LogP contribution in [0.3, 0.4) is 0 Å². The molecule has 1 aliphatic rings. The summed E-state index contributed by atoms with van der Waals surface area (Å²) in [4.78, 5) is 9.30. The lowest BCUT2D eigenvalue weighted by atomic mass is 9.97. The SMILES string of the molecule is CN=C(NCCCN(C(C)C)C(C)C)NCC1CCN(C)CC1. The van der Waals surface area contributed by atoms with Gasteiger partial charge in [-0.25, -0.2) is 0 Å². The highest BCUT2D eigenvalue weighted by molar-refractivity contribution is 5.79. The van der Waals surface area contributed by atoms with Gasteiger partial charge in [-0.1, -0.05) is 0 Å². The topological polar surface area (TPSA) is 42.9 Å². The molecule has 5 heteroatoms. The van der Waals surface area contributed by atoms with Crippen LogP contribution in [0, 0.1) is 5.92 Å². The first-order valence-electron chi connectivity index (χ1n) is 9.32. The van der Waals surface area contributed by atoms with E-state index < -0.39 is 0 Å². The molecule has 0 aliphatic carbocycles. The molecule has 1 fully saturated rings. The van der Waals surface area contributed by atoms with E-state index in [2.05, 4.69) is 60.2 Å². The third-order valence-corrected chi connectivity index (χ3v) is 4.83. The molecular formula is C18H39N5. The fourth-order valence-electron chi connectivity index (χ4n) is 3.31. The van der Waals surface area contributed by atoms with Crippen molar-refractivity contribution in [2.45, 2.75) is 59.0 Å². The summed E-state index contributed by atoms with van der Waals surface area (Å²) in [5.41, 5.74) is 0. The minimum atomic E-state index is 0.608. The Bertz CT molecular complexity index is 324. The van der Waals surface area contributed by atoms with Crippen LogP contribution in [0.5, 0.6) is 0 Å². The molecule has 0 unspecified atom stereocenters. The van der Waals surface area contributed by atoms with Crippen molar-refractivity contribution in [3.63, 3.8) is 0 Å². The van der Waals surface area contributed by atoms with Crippen molar-refractivity contribution in [3.05, 3.63) is 0 Å². The number of nitrogens with one attached hydrogen (secondary N) is 2. The number of piperidine rings is 1. The maximum Gasteiger partial charge on any atom is 0.190 e. The Morgan fingerprint density at radius 1 is 1.13 bits per heavy atom. The predicted molar refractivity (Wildman–Crippen MR) is 101 cm³/mol. The predicted octanol–water partition coefficient (Wildman–Crippen LogP) is 2.00. The van der Waals surface area contributed by atoms with Crippen LogP contribution in [-0.2, 0) is 0 Å². The van der Waals surface area contributed by atoms with Gasteiger partial charge < -0.3 is 15.5 Å². The van der Waals surface area contributed by atoms with Crippen molar-refractivity contribution in [1.82, 2.24) is 20.4 Å². The molecule has 136 valence electrons. The average molecular weight is 326 g/mol. The molecule has 0 amide bonds. The minimum Gasteiger partial charge on any atom is -0.356 e. The van der Waals surface area contributed by atoms with E-state index in [-0.39, 0.29) is 0 Å². The molecule has 1 saturated heterocycles. The van der Waals surface area contributed by atoms with E-state index in [9.17, 15) is 0 Å². The zero-order valence-corrected chi connectivity index (χ0v) is 16.2. The fraction of sp³-hybridized carbons (Fsp3) is 0.944. The Morgan fingerprint density at radius 2 is 1.74 bits per heavy atom. The molecular weight excluding hydrogens is 286 g/mol. The van der Waals surface area contributed by atoms with Crippen LogP contribution in [0.25, 0.3) is 0 Å². The number of aliphatic imine (C=N–C) groups is 1. The highest BCUT2D eigenvalue weighted by Gasteiger charge is 2.16. The summed E-state index contributed by atoms with van der Waals surface area (Å²) in [5.74, 6) is 1.73. The Hall–Kier alpha value is -0.810. The van der Waals surface area contributed by atoms with E-state index in [4.69, 9.17) is 0 Å². The summed E-state index contributed by atoms with van der Waals surface area (Å²) >= 11 is 0. The molecule has 5 nitrogen and oxygen atoms in total. The molecule has 0 radical (unpaired) electrons. The Kier molecular flexibility index (Phi) is 9.56. The first kappa shape index (κ1) is 20.2. The maximum atomic E-state index is 4.34. The Morgan fingerprint density at radius 3 is 2.26 bits per heavy atom. The van der Waals surface area contributed by atoms with E-state index >= 15 is 0 Å². The molecule has 1 aliphatic heterocycles. The second kappa shape index (κ2) is 10.9. The number of hydrogen-bond acceptors (Lipinski definition) is 3. The zero-order valence-electron chi connectivity index (χ0n) is 16.2. The van der Waals surface area contributed by atoms with Gasteiger partial charge in [-0.15, -0.1) is 0 Å². The molecule has 1 heterocycles.